The Kier molecular flexibility index (Phi) is 4.47. The normalized spacial score (nSPS) is 27.4. The molecule has 1 aromatic heterocycles. The van der Waals surface area contributed by atoms with Crippen molar-refractivity contribution < 1.29 is 0 Å². The van der Waals surface area contributed by atoms with Gasteiger partial charge in [-0.25, -0.2) is 9.97 Å². The molecule has 20 heavy (non-hydrogen) atoms. The second-order valence-corrected chi connectivity index (χ2v) is 5.78. The van der Waals surface area contributed by atoms with Gasteiger partial charge in [0.2, 0.25) is 5.95 Å². The Bertz CT molecular complexity index is 402. The number of anilines is 1. The average molecular weight is 275 g/mol. The van der Waals surface area contributed by atoms with Crippen molar-refractivity contribution in [1.82, 2.24) is 20.2 Å². The van der Waals surface area contributed by atoms with Gasteiger partial charge < -0.3 is 10.2 Å². The minimum atomic E-state index is 0.799. The largest absolute Gasteiger partial charge is 0.338 e. The van der Waals surface area contributed by atoms with E-state index in [9.17, 15) is 0 Å². The van der Waals surface area contributed by atoms with Crippen molar-refractivity contribution in [1.29, 1.82) is 0 Å². The molecule has 2 unspecified atom stereocenters. The molecule has 2 aliphatic rings. The molecule has 0 amide bonds. The van der Waals surface area contributed by atoms with Crippen molar-refractivity contribution in [3.8, 4) is 0 Å². The van der Waals surface area contributed by atoms with E-state index in [4.69, 9.17) is 0 Å². The van der Waals surface area contributed by atoms with Gasteiger partial charge in [0.1, 0.15) is 0 Å². The summed E-state index contributed by atoms with van der Waals surface area (Å²) in [5.41, 5.74) is 0. The fourth-order valence-corrected chi connectivity index (χ4v) is 3.31. The van der Waals surface area contributed by atoms with Gasteiger partial charge in [0.15, 0.2) is 0 Å². The van der Waals surface area contributed by atoms with Gasteiger partial charge in [0.25, 0.3) is 0 Å². The Hall–Kier alpha value is -1.20. The van der Waals surface area contributed by atoms with E-state index in [1.165, 1.54) is 19.4 Å². The van der Waals surface area contributed by atoms with Crippen molar-refractivity contribution in [3.63, 3.8) is 0 Å². The molecule has 110 valence electrons. The first-order chi connectivity index (χ1) is 9.88. The van der Waals surface area contributed by atoms with Crippen LogP contribution in [0.1, 0.15) is 19.8 Å². The van der Waals surface area contributed by atoms with Gasteiger partial charge in [-0.2, -0.15) is 0 Å². The van der Waals surface area contributed by atoms with Gasteiger partial charge in [0, 0.05) is 44.6 Å². The van der Waals surface area contributed by atoms with Gasteiger partial charge in [0.05, 0.1) is 0 Å². The van der Waals surface area contributed by atoms with Crippen LogP contribution in [0.25, 0.3) is 0 Å². The fraction of sp³-hybridized carbons (Fsp3) is 0.733. The molecule has 0 aromatic carbocycles. The van der Waals surface area contributed by atoms with Crippen molar-refractivity contribution in [2.24, 2.45) is 5.92 Å². The quantitative estimate of drug-likeness (QED) is 0.868. The molecule has 5 nitrogen and oxygen atoms in total. The topological polar surface area (TPSA) is 44.3 Å². The van der Waals surface area contributed by atoms with Crippen LogP contribution in [-0.2, 0) is 0 Å². The van der Waals surface area contributed by atoms with Crippen LogP contribution in [0.2, 0.25) is 0 Å². The Morgan fingerprint density at radius 1 is 1.15 bits per heavy atom. The SMILES string of the molecule is CCNCC1CCC1N1CCN(c2ncccn2)CC1. The lowest BCUT2D eigenvalue weighted by Crippen LogP contribution is -2.57. The van der Waals surface area contributed by atoms with E-state index in [1.807, 2.05) is 18.5 Å². The molecular formula is C15H25N5. The standard InChI is InChI=1S/C15H25N5/c1-2-16-12-13-4-5-14(13)19-8-10-20(11-9-19)15-17-6-3-7-18-15/h3,6-7,13-14,16H,2,4-5,8-12H2,1H3. The van der Waals surface area contributed by atoms with E-state index in [0.29, 0.717) is 0 Å². The number of hydrogen-bond acceptors (Lipinski definition) is 5. The Labute approximate surface area is 121 Å². The van der Waals surface area contributed by atoms with Gasteiger partial charge in [-0.1, -0.05) is 6.92 Å². The zero-order chi connectivity index (χ0) is 13.8. The smallest absolute Gasteiger partial charge is 0.225 e. The molecule has 2 heterocycles. The van der Waals surface area contributed by atoms with Gasteiger partial charge in [-0.15, -0.1) is 0 Å². The average Bonchev–Trinajstić information content (AvgIpc) is 2.48. The van der Waals surface area contributed by atoms with Crippen LogP contribution in [0, 0.1) is 5.92 Å². The molecule has 2 atom stereocenters. The molecule has 1 aliphatic carbocycles. The lowest BCUT2D eigenvalue weighted by molar-refractivity contribution is 0.0573. The summed E-state index contributed by atoms with van der Waals surface area (Å²) < 4.78 is 0. The monoisotopic (exact) mass is 275 g/mol. The summed E-state index contributed by atoms with van der Waals surface area (Å²) in [5, 5.41) is 3.50. The van der Waals surface area contributed by atoms with Crippen LogP contribution in [0.15, 0.2) is 18.5 Å². The van der Waals surface area contributed by atoms with Crippen LogP contribution in [0.5, 0.6) is 0 Å². The van der Waals surface area contributed by atoms with Crippen LogP contribution in [0.4, 0.5) is 5.95 Å². The second-order valence-electron chi connectivity index (χ2n) is 5.78. The first-order valence-electron chi connectivity index (χ1n) is 7.85. The van der Waals surface area contributed by atoms with Crippen LogP contribution < -0.4 is 10.2 Å². The number of nitrogens with one attached hydrogen (secondary N) is 1. The second kappa shape index (κ2) is 6.50. The lowest BCUT2D eigenvalue weighted by Gasteiger charge is -2.47. The van der Waals surface area contributed by atoms with E-state index < -0.39 is 0 Å². The van der Waals surface area contributed by atoms with E-state index in [2.05, 4.69) is 32.0 Å². The number of aromatic nitrogens is 2. The molecule has 0 bridgehead atoms. The number of rotatable bonds is 5. The Balaban J connectivity index is 1.49. The fourth-order valence-electron chi connectivity index (χ4n) is 3.31. The molecule has 1 saturated carbocycles. The van der Waals surface area contributed by atoms with E-state index in [1.54, 1.807) is 0 Å². The van der Waals surface area contributed by atoms with Crippen molar-refractivity contribution in [2.45, 2.75) is 25.8 Å². The minimum absolute atomic E-state index is 0.799. The highest BCUT2D eigenvalue weighted by Gasteiger charge is 2.36. The first kappa shape index (κ1) is 13.8. The highest BCUT2D eigenvalue weighted by molar-refractivity contribution is 5.29. The third-order valence-corrected chi connectivity index (χ3v) is 4.65. The molecule has 1 aromatic rings. The molecule has 3 rings (SSSR count). The number of nitrogens with zero attached hydrogens (tertiary/aromatic N) is 4. The maximum Gasteiger partial charge on any atom is 0.225 e. The molecule has 1 N–H and O–H groups in total. The summed E-state index contributed by atoms with van der Waals surface area (Å²) >= 11 is 0. The summed E-state index contributed by atoms with van der Waals surface area (Å²) in [6.07, 6.45) is 6.41. The molecule has 2 fully saturated rings. The van der Waals surface area contributed by atoms with Crippen molar-refractivity contribution >= 4 is 5.95 Å². The van der Waals surface area contributed by atoms with Crippen LogP contribution in [-0.4, -0.2) is 60.2 Å². The van der Waals surface area contributed by atoms with E-state index in [-0.39, 0.29) is 0 Å². The van der Waals surface area contributed by atoms with Crippen LogP contribution in [0.3, 0.4) is 0 Å². The lowest BCUT2D eigenvalue weighted by atomic mass is 9.78. The molecule has 5 heteroatoms. The zero-order valence-corrected chi connectivity index (χ0v) is 12.3. The third-order valence-electron chi connectivity index (χ3n) is 4.65. The molecule has 0 spiro atoms. The summed E-state index contributed by atoms with van der Waals surface area (Å²) in [6.45, 7) is 8.85. The minimum Gasteiger partial charge on any atom is -0.338 e. The van der Waals surface area contributed by atoms with Crippen molar-refractivity contribution in [3.05, 3.63) is 18.5 Å². The predicted octanol–water partition coefficient (Wildman–Crippen LogP) is 0.987. The van der Waals surface area contributed by atoms with Gasteiger partial charge in [-0.3, -0.25) is 4.90 Å². The summed E-state index contributed by atoms with van der Waals surface area (Å²) in [4.78, 5) is 13.7. The summed E-state index contributed by atoms with van der Waals surface area (Å²) in [6, 6.07) is 2.67. The maximum absolute atomic E-state index is 4.35. The summed E-state index contributed by atoms with van der Waals surface area (Å²) in [7, 11) is 0. The highest BCUT2D eigenvalue weighted by atomic mass is 15.3. The van der Waals surface area contributed by atoms with Crippen molar-refractivity contribution in [2.75, 3.05) is 44.2 Å². The number of hydrogen-bond donors (Lipinski definition) is 1. The Morgan fingerprint density at radius 3 is 2.50 bits per heavy atom. The zero-order valence-electron chi connectivity index (χ0n) is 12.3. The third kappa shape index (κ3) is 2.94. The Morgan fingerprint density at radius 2 is 1.90 bits per heavy atom. The molecule has 1 saturated heterocycles. The first-order valence-corrected chi connectivity index (χ1v) is 7.85. The molecular weight excluding hydrogens is 250 g/mol. The molecule has 0 radical (unpaired) electrons. The predicted molar refractivity (Wildman–Crippen MR) is 80.9 cm³/mol. The van der Waals surface area contributed by atoms with E-state index >= 15 is 0 Å². The van der Waals surface area contributed by atoms with Gasteiger partial charge in [-0.05, 0) is 37.9 Å². The maximum atomic E-state index is 4.35. The number of piperazine rings is 1. The van der Waals surface area contributed by atoms with Crippen LogP contribution >= 0.6 is 0 Å². The summed E-state index contributed by atoms with van der Waals surface area (Å²) in [5.74, 6) is 1.74. The highest BCUT2D eigenvalue weighted by Crippen LogP contribution is 2.32. The molecule has 1 aliphatic heterocycles. The van der Waals surface area contributed by atoms with E-state index in [0.717, 1.165) is 50.6 Å². The van der Waals surface area contributed by atoms with Gasteiger partial charge >= 0.3 is 0 Å².